The smallest absolute Gasteiger partial charge is 0.336 e. The molecule has 0 fully saturated rings. The van der Waals surface area contributed by atoms with Gasteiger partial charge in [-0.15, -0.1) is 0 Å². The van der Waals surface area contributed by atoms with Gasteiger partial charge in [0.2, 0.25) is 0 Å². The van der Waals surface area contributed by atoms with Crippen LogP contribution >= 0.6 is 0 Å². The van der Waals surface area contributed by atoms with Crippen molar-refractivity contribution in [3.05, 3.63) is 65.7 Å². The minimum absolute atomic E-state index is 0.00759. The molecule has 90 valence electrons. The quantitative estimate of drug-likeness (QED) is 0.843. The van der Waals surface area contributed by atoms with Crippen LogP contribution in [0.3, 0.4) is 0 Å². The van der Waals surface area contributed by atoms with Gasteiger partial charge in [0.15, 0.2) is 0 Å². The van der Waals surface area contributed by atoms with Crippen LogP contribution < -0.4 is 0 Å². The normalized spacial score (nSPS) is 11.3. The van der Waals surface area contributed by atoms with Gasteiger partial charge in [0.05, 0.1) is 11.3 Å². The first-order chi connectivity index (χ1) is 8.66. The summed E-state index contributed by atoms with van der Waals surface area (Å²) in [5.74, 6) is -1.59. The average Bonchev–Trinajstić information content (AvgIpc) is 2.37. The van der Waals surface area contributed by atoms with Crippen LogP contribution in [0.1, 0.15) is 11.3 Å². The summed E-state index contributed by atoms with van der Waals surface area (Å²) in [7, 11) is 0. The Bertz CT molecular complexity index is 594. The van der Waals surface area contributed by atoms with Crippen molar-refractivity contribution >= 4 is 17.6 Å². The van der Waals surface area contributed by atoms with Gasteiger partial charge >= 0.3 is 5.97 Å². The highest BCUT2D eigenvalue weighted by Gasteiger charge is 2.11. The Morgan fingerprint density at radius 3 is 2.67 bits per heavy atom. The van der Waals surface area contributed by atoms with Crippen molar-refractivity contribution in [3.63, 3.8) is 0 Å². The van der Waals surface area contributed by atoms with Gasteiger partial charge in [-0.2, -0.15) is 0 Å². The standard InChI is InChI=1S/C14H10FNO2/c15-11-5-3-4-10(8-11)13(14(17)18)9-12-6-1-2-7-16-12/h1-9H,(H,17,18)/b13-9+. The van der Waals surface area contributed by atoms with E-state index in [1.165, 1.54) is 24.3 Å². The number of aromatic nitrogens is 1. The second kappa shape index (κ2) is 5.23. The number of aliphatic carboxylic acids is 1. The number of hydrogen-bond donors (Lipinski definition) is 1. The van der Waals surface area contributed by atoms with Gasteiger partial charge in [0.1, 0.15) is 5.82 Å². The Morgan fingerprint density at radius 2 is 2.06 bits per heavy atom. The van der Waals surface area contributed by atoms with Crippen LogP contribution in [0.25, 0.3) is 11.6 Å². The van der Waals surface area contributed by atoms with Gasteiger partial charge in [-0.25, -0.2) is 9.18 Å². The van der Waals surface area contributed by atoms with Crippen LogP contribution in [0.4, 0.5) is 4.39 Å². The van der Waals surface area contributed by atoms with E-state index < -0.39 is 11.8 Å². The Hall–Kier alpha value is -2.49. The van der Waals surface area contributed by atoms with E-state index in [2.05, 4.69) is 4.98 Å². The van der Waals surface area contributed by atoms with Gasteiger partial charge in [-0.05, 0) is 35.9 Å². The maximum absolute atomic E-state index is 13.1. The summed E-state index contributed by atoms with van der Waals surface area (Å²) in [4.78, 5) is 15.2. The maximum Gasteiger partial charge on any atom is 0.336 e. The third-order valence-electron chi connectivity index (χ3n) is 2.35. The first-order valence-corrected chi connectivity index (χ1v) is 5.29. The zero-order chi connectivity index (χ0) is 13.0. The highest BCUT2D eigenvalue weighted by molar-refractivity contribution is 6.20. The summed E-state index contributed by atoms with van der Waals surface area (Å²) in [6.45, 7) is 0. The van der Waals surface area contributed by atoms with Crippen LogP contribution in [0.5, 0.6) is 0 Å². The van der Waals surface area contributed by atoms with Gasteiger partial charge in [-0.3, -0.25) is 4.98 Å². The molecular weight excluding hydrogens is 233 g/mol. The molecule has 1 aromatic heterocycles. The highest BCUT2D eigenvalue weighted by atomic mass is 19.1. The van der Waals surface area contributed by atoms with Crippen LogP contribution in [0, 0.1) is 5.82 Å². The van der Waals surface area contributed by atoms with E-state index in [-0.39, 0.29) is 5.57 Å². The summed E-state index contributed by atoms with van der Waals surface area (Å²) in [6, 6.07) is 10.6. The van der Waals surface area contributed by atoms with Crippen molar-refractivity contribution in [2.75, 3.05) is 0 Å². The number of carboxylic acids is 1. The summed E-state index contributed by atoms with van der Waals surface area (Å²) in [5.41, 5.74) is 0.834. The van der Waals surface area contributed by atoms with Crippen LogP contribution in [-0.4, -0.2) is 16.1 Å². The van der Waals surface area contributed by atoms with Crippen LogP contribution in [0.15, 0.2) is 48.7 Å². The monoisotopic (exact) mass is 243 g/mol. The lowest BCUT2D eigenvalue weighted by Gasteiger charge is -2.02. The largest absolute Gasteiger partial charge is 0.478 e. The fourth-order valence-corrected chi connectivity index (χ4v) is 1.53. The summed E-state index contributed by atoms with van der Waals surface area (Å²) in [6.07, 6.45) is 2.98. The van der Waals surface area contributed by atoms with E-state index in [4.69, 9.17) is 5.11 Å². The number of benzene rings is 1. The number of rotatable bonds is 3. The molecule has 4 heteroatoms. The molecule has 18 heavy (non-hydrogen) atoms. The molecule has 0 aliphatic heterocycles. The number of carbonyl (C=O) groups is 1. The summed E-state index contributed by atoms with van der Waals surface area (Å²) in [5, 5.41) is 9.16. The van der Waals surface area contributed by atoms with E-state index in [9.17, 15) is 9.18 Å². The Labute approximate surface area is 103 Å². The highest BCUT2D eigenvalue weighted by Crippen LogP contribution is 2.18. The van der Waals surface area contributed by atoms with E-state index in [0.29, 0.717) is 11.3 Å². The molecule has 0 unspecified atom stereocenters. The first-order valence-electron chi connectivity index (χ1n) is 5.29. The molecule has 0 atom stereocenters. The lowest BCUT2D eigenvalue weighted by Crippen LogP contribution is -2.00. The van der Waals surface area contributed by atoms with Crippen LogP contribution in [-0.2, 0) is 4.79 Å². The van der Waals surface area contributed by atoms with Gasteiger partial charge in [-0.1, -0.05) is 18.2 Å². The Balaban J connectivity index is 2.47. The molecule has 0 aliphatic carbocycles. The van der Waals surface area contributed by atoms with Gasteiger partial charge in [0, 0.05) is 6.20 Å². The zero-order valence-electron chi connectivity index (χ0n) is 9.38. The molecule has 0 saturated heterocycles. The van der Waals surface area contributed by atoms with Crippen molar-refractivity contribution in [1.82, 2.24) is 4.98 Å². The van der Waals surface area contributed by atoms with E-state index in [0.717, 1.165) is 0 Å². The van der Waals surface area contributed by atoms with E-state index in [1.54, 1.807) is 30.5 Å². The van der Waals surface area contributed by atoms with Crippen molar-refractivity contribution in [2.24, 2.45) is 0 Å². The molecule has 0 radical (unpaired) electrons. The molecule has 0 bridgehead atoms. The summed E-state index contributed by atoms with van der Waals surface area (Å²) < 4.78 is 13.1. The van der Waals surface area contributed by atoms with Crippen LogP contribution in [0.2, 0.25) is 0 Å². The first kappa shape index (κ1) is 12.0. The van der Waals surface area contributed by atoms with Crippen molar-refractivity contribution in [2.45, 2.75) is 0 Å². The average molecular weight is 243 g/mol. The lowest BCUT2D eigenvalue weighted by atomic mass is 10.0. The topological polar surface area (TPSA) is 50.2 Å². The molecule has 2 aromatic rings. The molecule has 1 N–H and O–H groups in total. The zero-order valence-corrected chi connectivity index (χ0v) is 9.38. The molecule has 0 saturated carbocycles. The predicted molar refractivity (Wildman–Crippen MR) is 66.1 cm³/mol. The molecule has 1 aromatic carbocycles. The van der Waals surface area contributed by atoms with Crippen molar-refractivity contribution < 1.29 is 14.3 Å². The Kier molecular flexibility index (Phi) is 3.48. The molecule has 1 heterocycles. The minimum atomic E-state index is -1.12. The Morgan fingerprint density at radius 1 is 1.22 bits per heavy atom. The maximum atomic E-state index is 13.1. The van der Waals surface area contributed by atoms with E-state index >= 15 is 0 Å². The molecule has 2 rings (SSSR count). The third-order valence-corrected chi connectivity index (χ3v) is 2.35. The molecular formula is C14H10FNO2. The summed E-state index contributed by atoms with van der Waals surface area (Å²) >= 11 is 0. The predicted octanol–water partition coefficient (Wildman–Crippen LogP) is 2.85. The van der Waals surface area contributed by atoms with Crippen molar-refractivity contribution in [1.29, 1.82) is 0 Å². The second-order valence-corrected chi connectivity index (χ2v) is 3.63. The molecule has 0 amide bonds. The number of halogens is 1. The number of nitrogens with zero attached hydrogens (tertiary/aromatic N) is 1. The second-order valence-electron chi connectivity index (χ2n) is 3.63. The number of pyridine rings is 1. The fraction of sp³-hybridized carbons (Fsp3) is 0. The number of carboxylic acid groups (broad SMARTS) is 1. The van der Waals surface area contributed by atoms with Crippen molar-refractivity contribution in [3.8, 4) is 0 Å². The molecule has 0 spiro atoms. The molecule has 0 aliphatic rings. The SMILES string of the molecule is O=C(O)/C(=C/c1ccccn1)c1cccc(F)c1. The minimum Gasteiger partial charge on any atom is -0.478 e. The lowest BCUT2D eigenvalue weighted by molar-refractivity contribution is -0.130. The van der Waals surface area contributed by atoms with E-state index in [1.807, 2.05) is 0 Å². The molecule has 3 nitrogen and oxygen atoms in total. The van der Waals surface area contributed by atoms with Gasteiger partial charge < -0.3 is 5.11 Å². The number of hydrogen-bond acceptors (Lipinski definition) is 2. The fourth-order valence-electron chi connectivity index (χ4n) is 1.53. The van der Waals surface area contributed by atoms with Gasteiger partial charge in [0.25, 0.3) is 0 Å². The third kappa shape index (κ3) is 2.79.